The van der Waals surface area contributed by atoms with Gasteiger partial charge in [0, 0.05) is 18.8 Å². The fraction of sp³-hybridized carbons (Fsp3) is 0.308. The highest BCUT2D eigenvalue weighted by Gasteiger charge is 2.22. The zero-order valence-corrected chi connectivity index (χ0v) is 10.6. The standard InChI is InChI=1S/C13H15N5O/c1-9-4-2-3-5-11(9)16-13(19)12-8-15-18(17-12)10-6-14-7-10/h2-5,8,10,14H,6-7H2,1H3,(H,16,19). The summed E-state index contributed by atoms with van der Waals surface area (Å²) >= 11 is 0. The quantitative estimate of drug-likeness (QED) is 0.860. The Bertz CT molecular complexity index is 603. The Morgan fingerprint density at radius 2 is 2.21 bits per heavy atom. The van der Waals surface area contributed by atoms with Crippen molar-refractivity contribution in [2.75, 3.05) is 18.4 Å². The average Bonchev–Trinajstić information content (AvgIpc) is 2.79. The van der Waals surface area contributed by atoms with Crippen LogP contribution in [-0.4, -0.2) is 34.0 Å². The molecule has 1 aromatic heterocycles. The first kappa shape index (κ1) is 11.9. The summed E-state index contributed by atoms with van der Waals surface area (Å²) < 4.78 is 0. The van der Waals surface area contributed by atoms with Gasteiger partial charge in [0.25, 0.3) is 5.91 Å². The first-order valence-electron chi connectivity index (χ1n) is 6.23. The van der Waals surface area contributed by atoms with Crippen LogP contribution in [0.3, 0.4) is 0 Å². The second kappa shape index (κ2) is 4.81. The van der Waals surface area contributed by atoms with Gasteiger partial charge in [-0.2, -0.15) is 9.90 Å². The summed E-state index contributed by atoms with van der Waals surface area (Å²) in [6.45, 7) is 3.66. The number of carbonyl (C=O) groups excluding carboxylic acids is 1. The van der Waals surface area contributed by atoms with Gasteiger partial charge in [0.15, 0.2) is 5.69 Å². The predicted molar refractivity (Wildman–Crippen MR) is 71.1 cm³/mol. The molecule has 2 N–H and O–H groups in total. The highest BCUT2D eigenvalue weighted by Crippen LogP contribution is 2.14. The molecule has 0 bridgehead atoms. The summed E-state index contributed by atoms with van der Waals surface area (Å²) in [6, 6.07) is 7.91. The number of hydrogen-bond acceptors (Lipinski definition) is 4. The van der Waals surface area contributed by atoms with E-state index < -0.39 is 0 Å². The topological polar surface area (TPSA) is 71.8 Å². The van der Waals surface area contributed by atoms with Gasteiger partial charge in [0.2, 0.25) is 0 Å². The number of para-hydroxylation sites is 1. The number of amides is 1. The van der Waals surface area contributed by atoms with Gasteiger partial charge in [-0.25, -0.2) is 0 Å². The Morgan fingerprint density at radius 1 is 1.42 bits per heavy atom. The molecule has 0 unspecified atom stereocenters. The Morgan fingerprint density at radius 3 is 2.89 bits per heavy atom. The maximum atomic E-state index is 12.1. The van der Waals surface area contributed by atoms with E-state index in [-0.39, 0.29) is 11.9 Å². The van der Waals surface area contributed by atoms with E-state index in [1.165, 1.54) is 6.20 Å². The Kier molecular flexibility index (Phi) is 3.00. The van der Waals surface area contributed by atoms with E-state index in [1.54, 1.807) is 4.80 Å². The Labute approximate surface area is 110 Å². The Hall–Kier alpha value is -2.21. The number of hydrogen-bond donors (Lipinski definition) is 2. The SMILES string of the molecule is Cc1ccccc1NC(=O)c1cnn(C2CNC2)n1. The molecule has 3 rings (SSSR count). The van der Waals surface area contributed by atoms with Crippen LogP contribution >= 0.6 is 0 Å². The molecule has 1 fully saturated rings. The van der Waals surface area contributed by atoms with Crippen molar-refractivity contribution in [3.8, 4) is 0 Å². The van der Waals surface area contributed by atoms with Gasteiger partial charge < -0.3 is 10.6 Å². The van der Waals surface area contributed by atoms with Crippen LogP contribution in [0.2, 0.25) is 0 Å². The number of carbonyl (C=O) groups is 1. The fourth-order valence-electron chi connectivity index (χ4n) is 1.89. The van der Waals surface area contributed by atoms with E-state index in [4.69, 9.17) is 0 Å². The molecule has 1 saturated heterocycles. The van der Waals surface area contributed by atoms with E-state index >= 15 is 0 Å². The minimum Gasteiger partial charge on any atom is -0.320 e. The maximum Gasteiger partial charge on any atom is 0.277 e. The molecule has 1 amide bonds. The van der Waals surface area contributed by atoms with Crippen LogP contribution < -0.4 is 10.6 Å². The molecule has 0 atom stereocenters. The number of benzene rings is 1. The van der Waals surface area contributed by atoms with Crippen LogP contribution in [0.5, 0.6) is 0 Å². The van der Waals surface area contributed by atoms with Crippen molar-refractivity contribution >= 4 is 11.6 Å². The van der Waals surface area contributed by atoms with Crippen LogP contribution in [0.4, 0.5) is 5.69 Å². The number of rotatable bonds is 3. The lowest BCUT2D eigenvalue weighted by atomic mass is 10.2. The van der Waals surface area contributed by atoms with Gasteiger partial charge in [-0.15, -0.1) is 5.10 Å². The van der Waals surface area contributed by atoms with E-state index in [0.717, 1.165) is 24.3 Å². The highest BCUT2D eigenvalue weighted by molar-refractivity contribution is 6.02. The summed E-state index contributed by atoms with van der Waals surface area (Å²) in [5.74, 6) is -0.229. The highest BCUT2D eigenvalue weighted by atomic mass is 16.2. The normalized spacial score (nSPS) is 15.0. The third-order valence-electron chi connectivity index (χ3n) is 3.22. The first-order chi connectivity index (χ1) is 9.24. The largest absolute Gasteiger partial charge is 0.320 e. The van der Waals surface area contributed by atoms with Crippen LogP contribution in [0.1, 0.15) is 22.1 Å². The Balaban J connectivity index is 1.73. The molecule has 1 aliphatic rings. The minimum atomic E-state index is -0.229. The number of anilines is 1. The van der Waals surface area contributed by atoms with Gasteiger partial charge in [-0.05, 0) is 18.6 Å². The molecule has 0 spiro atoms. The van der Waals surface area contributed by atoms with Gasteiger partial charge in [0.05, 0.1) is 12.2 Å². The van der Waals surface area contributed by atoms with Crippen molar-refractivity contribution in [3.05, 3.63) is 41.7 Å². The van der Waals surface area contributed by atoms with Crippen molar-refractivity contribution in [3.63, 3.8) is 0 Å². The van der Waals surface area contributed by atoms with Crippen molar-refractivity contribution < 1.29 is 4.79 Å². The monoisotopic (exact) mass is 257 g/mol. The summed E-state index contributed by atoms with van der Waals surface area (Å²) in [5, 5.41) is 14.3. The lowest BCUT2D eigenvalue weighted by Crippen LogP contribution is -2.44. The zero-order valence-electron chi connectivity index (χ0n) is 10.6. The molecule has 6 heteroatoms. The second-order valence-electron chi connectivity index (χ2n) is 4.63. The minimum absolute atomic E-state index is 0.229. The predicted octanol–water partition coefficient (Wildman–Crippen LogP) is 0.983. The van der Waals surface area contributed by atoms with Crippen molar-refractivity contribution in [2.24, 2.45) is 0 Å². The van der Waals surface area contributed by atoms with Gasteiger partial charge in [0.1, 0.15) is 0 Å². The number of aromatic nitrogens is 3. The van der Waals surface area contributed by atoms with Crippen LogP contribution in [0, 0.1) is 6.92 Å². The molecular formula is C13H15N5O. The van der Waals surface area contributed by atoms with Crippen molar-refractivity contribution in [2.45, 2.75) is 13.0 Å². The summed E-state index contributed by atoms with van der Waals surface area (Å²) in [5.41, 5.74) is 2.16. The van der Waals surface area contributed by atoms with E-state index in [0.29, 0.717) is 5.69 Å². The van der Waals surface area contributed by atoms with Crippen molar-refractivity contribution in [1.82, 2.24) is 20.3 Å². The van der Waals surface area contributed by atoms with Gasteiger partial charge in [-0.3, -0.25) is 4.79 Å². The van der Waals surface area contributed by atoms with Crippen LogP contribution in [0.15, 0.2) is 30.5 Å². The molecule has 1 aromatic carbocycles. The molecule has 2 heterocycles. The molecule has 2 aromatic rings. The van der Waals surface area contributed by atoms with E-state index in [2.05, 4.69) is 20.8 Å². The number of aryl methyl sites for hydroxylation is 1. The summed E-state index contributed by atoms with van der Waals surface area (Å²) in [6.07, 6.45) is 1.51. The number of nitrogens with one attached hydrogen (secondary N) is 2. The lowest BCUT2D eigenvalue weighted by Gasteiger charge is -2.25. The van der Waals surface area contributed by atoms with Crippen molar-refractivity contribution in [1.29, 1.82) is 0 Å². The van der Waals surface area contributed by atoms with Gasteiger partial charge in [-0.1, -0.05) is 18.2 Å². The van der Waals surface area contributed by atoms with Crippen LogP contribution in [0.25, 0.3) is 0 Å². The van der Waals surface area contributed by atoms with E-state index in [1.807, 2.05) is 31.2 Å². The van der Waals surface area contributed by atoms with Crippen LogP contribution in [-0.2, 0) is 0 Å². The molecule has 19 heavy (non-hydrogen) atoms. The third kappa shape index (κ3) is 2.34. The molecule has 98 valence electrons. The smallest absolute Gasteiger partial charge is 0.277 e. The maximum absolute atomic E-state index is 12.1. The second-order valence-corrected chi connectivity index (χ2v) is 4.63. The summed E-state index contributed by atoms with van der Waals surface area (Å²) in [7, 11) is 0. The molecule has 0 radical (unpaired) electrons. The molecule has 1 aliphatic heterocycles. The lowest BCUT2D eigenvalue weighted by molar-refractivity contribution is 0.102. The molecule has 0 aliphatic carbocycles. The molecular weight excluding hydrogens is 242 g/mol. The molecule has 0 saturated carbocycles. The average molecular weight is 257 g/mol. The van der Waals surface area contributed by atoms with E-state index in [9.17, 15) is 4.79 Å². The number of nitrogens with zero attached hydrogens (tertiary/aromatic N) is 3. The van der Waals surface area contributed by atoms with Gasteiger partial charge >= 0.3 is 0 Å². The first-order valence-corrected chi connectivity index (χ1v) is 6.23. The molecule has 6 nitrogen and oxygen atoms in total. The zero-order chi connectivity index (χ0) is 13.2. The fourth-order valence-corrected chi connectivity index (χ4v) is 1.89. The summed E-state index contributed by atoms with van der Waals surface area (Å²) in [4.78, 5) is 13.7. The third-order valence-corrected chi connectivity index (χ3v) is 3.22.